The molecule has 30 heavy (non-hydrogen) atoms. The van der Waals surface area contributed by atoms with E-state index in [-0.39, 0.29) is 40.2 Å². The fourth-order valence-electron chi connectivity index (χ4n) is 3.47. The van der Waals surface area contributed by atoms with Gasteiger partial charge >= 0.3 is 29.6 Å². The maximum atomic E-state index is 11.5. The Morgan fingerprint density at radius 3 is 1.83 bits per heavy atom. The van der Waals surface area contributed by atoms with Gasteiger partial charge in [0, 0.05) is 0 Å². The van der Waals surface area contributed by atoms with Crippen LogP contribution in [0, 0.1) is 0 Å². The summed E-state index contributed by atoms with van der Waals surface area (Å²) in [4.78, 5) is -0.325. The molecule has 2 aromatic rings. The van der Waals surface area contributed by atoms with Gasteiger partial charge in [-0.3, -0.25) is 0 Å². The fraction of sp³-hybridized carbons (Fsp3) is 0.500. The first-order chi connectivity index (χ1) is 14.0. The Morgan fingerprint density at radius 2 is 1.23 bits per heavy atom. The van der Waals surface area contributed by atoms with Gasteiger partial charge in [-0.05, 0) is 36.6 Å². The number of hydrogen-bond acceptors (Lipinski definition) is 4. The largest absolute Gasteiger partial charge is 1.00 e. The number of para-hydroxylation sites is 2. The number of rotatable bonds is 14. The van der Waals surface area contributed by atoms with Crippen LogP contribution in [0.3, 0.4) is 0 Å². The van der Waals surface area contributed by atoms with Crippen LogP contribution < -0.4 is 34.3 Å². The van der Waals surface area contributed by atoms with Crippen LogP contribution >= 0.6 is 0 Å². The van der Waals surface area contributed by atoms with Crippen LogP contribution in [0.15, 0.2) is 53.4 Å². The van der Waals surface area contributed by atoms with Crippen LogP contribution in [-0.4, -0.2) is 13.0 Å². The standard InChI is InChI=1S/C24H34O4S.Na/c1-2-3-4-5-6-7-8-9-10-11-16-21-17-12-13-18-22(21)28-23-19-14-15-20-24(23)29(25,26)27;/h12-15,17-20H,2-11,16H2,1H3,(H,25,26,27);/q;+1/p-1. The Morgan fingerprint density at radius 1 is 0.733 bits per heavy atom. The van der Waals surface area contributed by atoms with Crippen LogP contribution in [0.2, 0.25) is 0 Å². The molecule has 2 aromatic carbocycles. The van der Waals surface area contributed by atoms with E-state index in [0.717, 1.165) is 18.4 Å². The average Bonchev–Trinajstić information content (AvgIpc) is 2.70. The Balaban J connectivity index is 0.00000450. The molecule has 0 aliphatic carbocycles. The summed E-state index contributed by atoms with van der Waals surface area (Å²) < 4.78 is 40.2. The van der Waals surface area contributed by atoms with Gasteiger partial charge in [0.1, 0.15) is 21.6 Å². The maximum absolute atomic E-state index is 11.5. The molecule has 0 amide bonds. The van der Waals surface area contributed by atoms with Gasteiger partial charge in [0.2, 0.25) is 0 Å². The minimum atomic E-state index is -4.58. The van der Waals surface area contributed by atoms with Gasteiger partial charge in [0.05, 0.1) is 4.90 Å². The van der Waals surface area contributed by atoms with Gasteiger partial charge in [-0.15, -0.1) is 0 Å². The van der Waals surface area contributed by atoms with Crippen LogP contribution in [0.4, 0.5) is 0 Å². The minimum Gasteiger partial charge on any atom is -0.744 e. The maximum Gasteiger partial charge on any atom is 1.00 e. The molecule has 0 aliphatic rings. The monoisotopic (exact) mass is 440 g/mol. The predicted octanol–water partition coefficient (Wildman–Crippen LogP) is 3.85. The van der Waals surface area contributed by atoms with Gasteiger partial charge in [-0.2, -0.15) is 0 Å². The molecule has 0 unspecified atom stereocenters. The molecule has 0 aliphatic heterocycles. The summed E-state index contributed by atoms with van der Waals surface area (Å²) in [5, 5.41) is 0. The number of unbranched alkanes of at least 4 members (excludes halogenated alkanes) is 9. The number of benzene rings is 2. The molecule has 0 atom stereocenters. The molecule has 160 valence electrons. The van der Waals surface area contributed by atoms with E-state index in [1.54, 1.807) is 6.07 Å². The number of ether oxygens (including phenoxy) is 1. The zero-order valence-corrected chi connectivity index (χ0v) is 21.3. The van der Waals surface area contributed by atoms with E-state index in [1.807, 2.05) is 24.3 Å². The van der Waals surface area contributed by atoms with Crippen LogP contribution in [0.1, 0.15) is 76.7 Å². The summed E-state index contributed by atoms with van der Waals surface area (Å²) in [6, 6.07) is 13.6. The number of hydrogen-bond donors (Lipinski definition) is 0. The topological polar surface area (TPSA) is 66.4 Å². The first-order valence-electron chi connectivity index (χ1n) is 10.8. The molecule has 0 spiro atoms. The van der Waals surface area contributed by atoms with Crippen molar-refractivity contribution in [1.29, 1.82) is 0 Å². The molecule has 0 saturated heterocycles. The van der Waals surface area contributed by atoms with Crippen molar-refractivity contribution in [3.05, 3.63) is 54.1 Å². The third kappa shape index (κ3) is 9.97. The number of aryl methyl sites for hydroxylation is 1. The molecule has 2 rings (SSSR count). The summed E-state index contributed by atoms with van der Waals surface area (Å²) in [6.45, 7) is 2.24. The van der Waals surface area contributed by atoms with Gasteiger partial charge in [-0.1, -0.05) is 95.0 Å². The average molecular weight is 441 g/mol. The normalized spacial score (nSPS) is 11.1. The first kappa shape index (κ1) is 27.2. The summed E-state index contributed by atoms with van der Waals surface area (Å²) in [5.74, 6) is 0.692. The third-order valence-corrected chi connectivity index (χ3v) is 5.99. The van der Waals surface area contributed by atoms with Crippen molar-refractivity contribution in [2.45, 2.75) is 82.4 Å². The smallest absolute Gasteiger partial charge is 0.744 e. The second-order valence-corrected chi connectivity index (χ2v) is 8.89. The molecule has 0 aromatic heterocycles. The SMILES string of the molecule is CCCCCCCCCCCCc1ccccc1Oc1ccccc1S(=O)(=O)[O-].[Na+]. The molecule has 0 heterocycles. The second-order valence-electron chi connectivity index (χ2n) is 7.54. The van der Waals surface area contributed by atoms with Crippen LogP contribution in [0.5, 0.6) is 11.5 Å². The molecular formula is C24H33NaO4S. The second kappa shape index (κ2) is 15.0. The summed E-state index contributed by atoms with van der Waals surface area (Å²) in [7, 11) is -4.58. The molecule has 0 N–H and O–H groups in total. The Bertz CT molecular complexity index is 837. The van der Waals surface area contributed by atoms with Crippen molar-refractivity contribution in [2.24, 2.45) is 0 Å². The van der Waals surface area contributed by atoms with E-state index in [0.29, 0.717) is 5.75 Å². The van der Waals surface area contributed by atoms with Gasteiger partial charge in [0.25, 0.3) is 0 Å². The summed E-state index contributed by atoms with van der Waals surface area (Å²) >= 11 is 0. The Labute approximate surface area is 204 Å². The summed E-state index contributed by atoms with van der Waals surface area (Å²) in [6.07, 6.45) is 13.7. The van der Waals surface area contributed by atoms with Crippen molar-refractivity contribution in [3.63, 3.8) is 0 Å². The zero-order valence-electron chi connectivity index (χ0n) is 18.4. The molecule has 0 fully saturated rings. The zero-order chi connectivity index (χ0) is 21.0. The van der Waals surface area contributed by atoms with E-state index >= 15 is 0 Å². The van der Waals surface area contributed by atoms with Gasteiger partial charge in [-0.25, -0.2) is 8.42 Å². The van der Waals surface area contributed by atoms with Gasteiger partial charge in [0.15, 0.2) is 0 Å². The van der Waals surface area contributed by atoms with Crippen molar-refractivity contribution in [1.82, 2.24) is 0 Å². The van der Waals surface area contributed by atoms with Crippen molar-refractivity contribution < 1.29 is 47.3 Å². The molecular weight excluding hydrogens is 407 g/mol. The van der Waals surface area contributed by atoms with Crippen molar-refractivity contribution in [2.75, 3.05) is 0 Å². The summed E-state index contributed by atoms with van der Waals surface area (Å²) in [5.41, 5.74) is 1.03. The van der Waals surface area contributed by atoms with Crippen LogP contribution in [-0.2, 0) is 16.5 Å². The first-order valence-corrected chi connectivity index (χ1v) is 12.2. The van der Waals surface area contributed by atoms with Crippen molar-refractivity contribution in [3.8, 4) is 11.5 Å². The molecule has 0 bridgehead atoms. The van der Waals surface area contributed by atoms with Gasteiger partial charge < -0.3 is 9.29 Å². The van der Waals surface area contributed by atoms with E-state index < -0.39 is 10.1 Å². The van der Waals surface area contributed by atoms with Crippen LogP contribution in [0.25, 0.3) is 0 Å². The molecule has 0 saturated carbocycles. The van der Waals surface area contributed by atoms with Crippen molar-refractivity contribution >= 4 is 10.1 Å². The fourth-order valence-corrected chi connectivity index (χ4v) is 4.07. The van der Waals surface area contributed by atoms with E-state index in [4.69, 9.17) is 4.74 Å². The van der Waals surface area contributed by atoms with E-state index in [1.165, 1.54) is 76.0 Å². The molecule has 6 heteroatoms. The Hall–Kier alpha value is -0.850. The predicted molar refractivity (Wildman–Crippen MR) is 116 cm³/mol. The quantitative estimate of drug-likeness (QED) is 0.254. The molecule has 0 radical (unpaired) electrons. The molecule has 4 nitrogen and oxygen atoms in total. The Kier molecular flexibility index (Phi) is 13.6. The minimum absolute atomic E-state index is 0. The third-order valence-electron chi connectivity index (χ3n) is 5.11. The van der Waals surface area contributed by atoms with E-state index in [9.17, 15) is 13.0 Å². The van der Waals surface area contributed by atoms with E-state index in [2.05, 4.69) is 6.92 Å².